The van der Waals surface area contributed by atoms with Crippen molar-refractivity contribution in [3.63, 3.8) is 0 Å². The van der Waals surface area contributed by atoms with Crippen LogP contribution in [0.25, 0.3) is 0 Å². The number of allylic oxidation sites excluding steroid dienone is 2. The van der Waals surface area contributed by atoms with Crippen molar-refractivity contribution in [2.45, 2.75) is 36.8 Å². The van der Waals surface area contributed by atoms with Crippen LogP contribution in [0.3, 0.4) is 0 Å². The minimum absolute atomic E-state index is 0.0488. The second kappa shape index (κ2) is 8.00. The SMILES string of the molecule is O=C(C1CCN(S(=O)(=O)c2ccccc2C(F)(F)F)CC1)N1C[C@H]2CC=CC[C@H]2C1. The molecule has 0 bridgehead atoms. The lowest BCUT2D eigenvalue weighted by atomic mass is 9.86. The molecule has 1 amide bonds. The van der Waals surface area contributed by atoms with Gasteiger partial charge in [0.2, 0.25) is 15.9 Å². The summed E-state index contributed by atoms with van der Waals surface area (Å²) in [5.74, 6) is 0.774. The molecule has 0 unspecified atom stereocenters. The molecule has 2 aliphatic heterocycles. The van der Waals surface area contributed by atoms with Gasteiger partial charge in [-0.25, -0.2) is 8.42 Å². The Morgan fingerprint density at radius 2 is 1.53 bits per heavy atom. The topological polar surface area (TPSA) is 57.7 Å². The van der Waals surface area contributed by atoms with Crippen molar-refractivity contribution >= 4 is 15.9 Å². The van der Waals surface area contributed by atoms with E-state index < -0.39 is 26.7 Å². The lowest BCUT2D eigenvalue weighted by molar-refractivity contribution is -0.140. The molecule has 2 atom stereocenters. The number of amides is 1. The molecule has 4 rings (SSSR count). The lowest BCUT2D eigenvalue weighted by Gasteiger charge is -2.33. The molecule has 5 nitrogen and oxygen atoms in total. The Morgan fingerprint density at radius 1 is 0.967 bits per heavy atom. The Bertz CT molecular complexity index is 921. The van der Waals surface area contributed by atoms with E-state index in [0.29, 0.717) is 24.7 Å². The number of benzene rings is 1. The fourth-order valence-electron chi connectivity index (χ4n) is 4.86. The molecule has 164 valence electrons. The molecular weight excluding hydrogens is 417 g/mol. The van der Waals surface area contributed by atoms with Crippen molar-refractivity contribution in [3.8, 4) is 0 Å². The molecule has 1 aliphatic carbocycles. The van der Waals surface area contributed by atoms with Gasteiger partial charge in [0.25, 0.3) is 0 Å². The fraction of sp³-hybridized carbons (Fsp3) is 0.571. The summed E-state index contributed by atoms with van der Waals surface area (Å²) in [7, 11) is -4.28. The van der Waals surface area contributed by atoms with Crippen LogP contribution in [-0.4, -0.2) is 49.7 Å². The first kappa shape index (κ1) is 21.4. The third kappa shape index (κ3) is 4.01. The number of alkyl halides is 3. The standard InChI is InChI=1S/C21H25F3N2O3S/c22-21(23,24)18-7-3-4-8-19(18)30(28,29)26-11-9-15(10-12-26)20(27)25-13-16-5-1-2-6-17(16)14-25/h1-4,7-8,15-17H,5-6,9-14H2/t16-,17+. The number of hydrogen-bond acceptors (Lipinski definition) is 3. The van der Waals surface area contributed by atoms with Crippen molar-refractivity contribution in [3.05, 3.63) is 42.0 Å². The fourth-order valence-corrected chi connectivity index (χ4v) is 6.54. The van der Waals surface area contributed by atoms with Crippen LogP contribution in [-0.2, 0) is 21.0 Å². The van der Waals surface area contributed by atoms with Crippen LogP contribution < -0.4 is 0 Å². The molecule has 0 aromatic heterocycles. The first-order chi connectivity index (χ1) is 14.2. The largest absolute Gasteiger partial charge is 0.417 e. The monoisotopic (exact) mass is 442 g/mol. The summed E-state index contributed by atoms with van der Waals surface area (Å²) in [6.45, 7) is 1.58. The van der Waals surface area contributed by atoms with Gasteiger partial charge in [-0.2, -0.15) is 17.5 Å². The summed E-state index contributed by atoms with van der Waals surface area (Å²) < 4.78 is 66.7. The first-order valence-electron chi connectivity index (χ1n) is 10.3. The highest BCUT2D eigenvalue weighted by molar-refractivity contribution is 7.89. The van der Waals surface area contributed by atoms with Crippen molar-refractivity contribution in [2.24, 2.45) is 17.8 Å². The highest BCUT2D eigenvalue weighted by atomic mass is 32.2. The summed E-state index contributed by atoms with van der Waals surface area (Å²) in [6.07, 6.45) is 2.22. The molecule has 2 saturated heterocycles. The minimum Gasteiger partial charge on any atom is -0.342 e. The van der Waals surface area contributed by atoms with Crippen molar-refractivity contribution in [2.75, 3.05) is 26.2 Å². The van der Waals surface area contributed by atoms with E-state index in [2.05, 4.69) is 12.2 Å². The van der Waals surface area contributed by atoms with Crippen LogP contribution in [0.2, 0.25) is 0 Å². The smallest absolute Gasteiger partial charge is 0.342 e. The van der Waals surface area contributed by atoms with E-state index in [4.69, 9.17) is 0 Å². The summed E-state index contributed by atoms with van der Waals surface area (Å²) in [5, 5.41) is 0. The van der Waals surface area contributed by atoms with Crippen molar-refractivity contribution in [1.29, 1.82) is 0 Å². The van der Waals surface area contributed by atoms with Crippen LogP contribution in [0.15, 0.2) is 41.3 Å². The molecule has 0 saturated carbocycles. The van der Waals surface area contributed by atoms with E-state index in [1.807, 2.05) is 4.90 Å². The second-order valence-corrected chi connectivity index (χ2v) is 10.3. The normalized spacial score (nSPS) is 26.0. The predicted octanol–water partition coefficient (Wildman–Crippen LogP) is 3.53. The van der Waals surface area contributed by atoms with E-state index >= 15 is 0 Å². The van der Waals surface area contributed by atoms with Crippen LogP contribution in [0.4, 0.5) is 13.2 Å². The number of hydrogen-bond donors (Lipinski definition) is 0. The zero-order chi connectivity index (χ0) is 21.5. The molecule has 3 aliphatic rings. The van der Waals surface area contributed by atoms with Gasteiger partial charge >= 0.3 is 6.18 Å². The Hall–Kier alpha value is -1.87. The number of halogens is 3. The molecule has 30 heavy (non-hydrogen) atoms. The Balaban J connectivity index is 1.42. The average Bonchev–Trinajstić information content (AvgIpc) is 3.17. The Morgan fingerprint density at radius 3 is 2.10 bits per heavy atom. The number of carbonyl (C=O) groups excluding carboxylic acids is 1. The summed E-state index contributed by atoms with van der Waals surface area (Å²) in [5.41, 5.74) is -1.16. The molecule has 1 aromatic carbocycles. The Kier molecular flexibility index (Phi) is 5.69. The Labute approximate surface area is 174 Å². The van der Waals surface area contributed by atoms with Gasteiger partial charge in [0.05, 0.1) is 10.5 Å². The summed E-state index contributed by atoms with van der Waals surface area (Å²) in [6, 6.07) is 4.25. The molecule has 0 N–H and O–H groups in total. The third-order valence-electron chi connectivity index (χ3n) is 6.55. The van der Waals surface area contributed by atoms with Gasteiger partial charge in [-0.15, -0.1) is 0 Å². The number of rotatable bonds is 3. The third-order valence-corrected chi connectivity index (χ3v) is 8.50. The molecule has 2 fully saturated rings. The molecule has 0 spiro atoms. The maximum Gasteiger partial charge on any atom is 0.417 e. The van der Waals surface area contributed by atoms with Crippen LogP contribution >= 0.6 is 0 Å². The first-order valence-corrected chi connectivity index (χ1v) is 11.7. The van der Waals surface area contributed by atoms with Gasteiger partial charge in [0.1, 0.15) is 0 Å². The van der Waals surface area contributed by atoms with Gasteiger partial charge in [-0.1, -0.05) is 24.3 Å². The number of nitrogens with zero attached hydrogens (tertiary/aromatic N) is 2. The van der Waals surface area contributed by atoms with E-state index in [-0.39, 0.29) is 24.9 Å². The number of sulfonamides is 1. The van der Waals surface area contributed by atoms with Crippen LogP contribution in [0, 0.1) is 17.8 Å². The quantitative estimate of drug-likeness (QED) is 0.673. The molecular formula is C21H25F3N2O3S. The molecule has 0 radical (unpaired) electrons. The number of piperidine rings is 1. The minimum atomic E-state index is -4.75. The van der Waals surface area contributed by atoms with Crippen molar-refractivity contribution in [1.82, 2.24) is 9.21 Å². The van der Waals surface area contributed by atoms with Gasteiger partial charge < -0.3 is 4.90 Å². The highest BCUT2D eigenvalue weighted by Crippen LogP contribution is 2.37. The van der Waals surface area contributed by atoms with Crippen molar-refractivity contribution < 1.29 is 26.4 Å². The van der Waals surface area contributed by atoms with Gasteiger partial charge in [0.15, 0.2) is 0 Å². The van der Waals surface area contributed by atoms with Crippen LogP contribution in [0.5, 0.6) is 0 Å². The molecule has 9 heteroatoms. The van der Waals surface area contributed by atoms with E-state index in [9.17, 15) is 26.4 Å². The maximum absolute atomic E-state index is 13.3. The zero-order valence-electron chi connectivity index (χ0n) is 16.5. The summed E-state index contributed by atoms with van der Waals surface area (Å²) >= 11 is 0. The average molecular weight is 443 g/mol. The molecule has 1 aromatic rings. The van der Waals surface area contributed by atoms with Crippen LogP contribution in [0.1, 0.15) is 31.2 Å². The van der Waals surface area contributed by atoms with E-state index in [1.165, 1.54) is 12.1 Å². The van der Waals surface area contributed by atoms with Gasteiger partial charge in [0, 0.05) is 32.1 Å². The lowest BCUT2D eigenvalue weighted by Crippen LogP contribution is -2.44. The second-order valence-electron chi connectivity index (χ2n) is 8.38. The summed E-state index contributed by atoms with van der Waals surface area (Å²) in [4.78, 5) is 14.1. The predicted molar refractivity (Wildman–Crippen MR) is 105 cm³/mol. The zero-order valence-corrected chi connectivity index (χ0v) is 17.3. The highest BCUT2D eigenvalue weighted by Gasteiger charge is 2.42. The number of likely N-dealkylation sites (tertiary alicyclic amines) is 1. The maximum atomic E-state index is 13.3. The van der Waals surface area contributed by atoms with E-state index in [0.717, 1.165) is 42.4 Å². The number of carbonyl (C=O) groups is 1. The molecule has 2 heterocycles. The van der Waals surface area contributed by atoms with E-state index in [1.54, 1.807) is 0 Å². The number of fused-ring (bicyclic) bond motifs is 1. The van der Waals surface area contributed by atoms with Gasteiger partial charge in [-0.3, -0.25) is 4.79 Å². The van der Waals surface area contributed by atoms with Gasteiger partial charge in [-0.05, 0) is 49.7 Å².